The van der Waals surface area contributed by atoms with Gasteiger partial charge in [0.2, 0.25) is 5.91 Å². The zero-order valence-corrected chi connectivity index (χ0v) is 6.25. The van der Waals surface area contributed by atoms with E-state index in [-0.39, 0.29) is 6.61 Å². The number of carbonyl (C=O) groups is 1. The van der Waals surface area contributed by atoms with E-state index in [9.17, 15) is 4.79 Å². The highest BCUT2D eigenvalue weighted by molar-refractivity contribution is 5.79. The number of hydrogen-bond acceptors (Lipinski definition) is 5. The zero-order chi connectivity index (χ0) is 9.30. The molecule has 0 spiro atoms. The summed E-state index contributed by atoms with van der Waals surface area (Å²) in [6.07, 6.45) is -5.23. The Bertz CT molecular complexity index is 185. The first kappa shape index (κ1) is 9.40. The van der Waals surface area contributed by atoms with Crippen molar-refractivity contribution in [1.29, 1.82) is 0 Å². The van der Waals surface area contributed by atoms with Gasteiger partial charge in [0.15, 0.2) is 6.10 Å². The lowest BCUT2D eigenvalue weighted by Crippen LogP contribution is -2.57. The lowest BCUT2D eigenvalue weighted by molar-refractivity contribution is -0.190. The fraction of sp³-hybridized carbons (Fsp3) is 0.833. The summed E-state index contributed by atoms with van der Waals surface area (Å²) in [6.45, 7) is -0.203. The van der Waals surface area contributed by atoms with Crippen LogP contribution < -0.4 is 5.73 Å². The Morgan fingerprint density at radius 1 is 1.33 bits per heavy atom. The summed E-state index contributed by atoms with van der Waals surface area (Å²) in [4.78, 5) is 10.6. The fourth-order valence-corrected chi connectivity index (χ4v) is 1.06. The Kier molecular flexibility index (Phi) is 2.63. The van der Waals surface area contributed by atoms with Gasteiger partial charge in [0.25, 0.3) is 0 Å². The van der Waals surface area contributed by atoms with Crippen LogP contribution in [0.3, 0.4) is 0 Å². The van der Waals surface area contributed by atoms with Crippen LogP contribution in [0.2, 0.25) is 0 Å². The first-order valence-corrected chi connectivity index (χ1v) is 3.49. The zero-order valence-electron chi connectivity index (χ0n) is 6.25. The van der Waals surface area contributed by atoms with Crippen LogP contribution in [0, 0.1) is 0 Å². The first-order valence-electron chi connectivity index (χ1n) is 3.49. The van der Waals surface area contributed by atoms with E-state index in [0.717, 1.165) is 0 Å². The fourth-order valence-electron chi connectivity index (χ4n) is 1.06. The number of amides is 1. The monoisotopic (exact) mass is 177 g/mol. The van der Waals surface area contributed by atoms with Gasteiger partial charge in [-0.2, -0.15) is 0 Å². The molecule has 0 saturated carbocycles. The average molecular weight is 177 g/mol. The average Bonchev–Trinajstić information content (AvgIpc) is 2.00. The molecule has 1 aliphatic rings. The Hall–Kier alpha value is -0.690. The Morgan fingerprint density at radius 2 is 1.92 bits per heavy atom. The summed E-state index contributed by atoms with van der Waals surface area (Å²) in [5.41, 5.74) is 4.85. The van der Waals surface area contributed by atoms with Crippen molar-refractivity contribution >= 4 is 5.91 Å². The molecule has 1 amide bonds. The van der Waals surface area contributed by atoms with Crippen LogP contribution in [-0.4, -0.2) is 52.2 Å². The number of ether oxygens (including phenoxy) is 1. The van der Waals surface area contributed by atoms with Crippen molar-refractivity contribution in [2.75, 3.05) is 6.61 Å². The van der Waals surface area contributed by atoms with Crippen LogP contribution in [-0.2, 0) is 9.53 Å². The molecule has 0 unspecified atom stereocenters. The smallest absolute Gasteiger partial charge is 0.249 e. The third-order valence-electron chi connectivity index (χ3n) is 1.78. The highest BCUT2D eigenvalue weighted by Crippen LogP contribution is 2.14. The van der Waals surface area contributed by atoms with E-state index in [0.29, 0.717) is 0 Å². The molecule has 0 aromatic rings. The molecule has 1 rings (SSSR count). The van der Waals surface area contributed by atoms with Gasteiger partial charge in [0.05, 0.1) is 6.61 Å². The molecule has 0 aliphatic carbocycles. The van der Waals surface area contributed by atoms with Gasteiger partial charge in [-0.25, -0.2) is 0 Å². The molecule has 0 aromatic heterocycles. The lowest BCUT2D eigenvalue weighted by Gasteiger charge is -2.33. The van der Waals surface area contributed by atoms with Crippen molar-refractivity contribution in [2.24, 2.45) is 5.73 Å². The van der Waals surface area contributed by atoms with Gasteiger partial charge in [-0.15, -0.1) is 0 Å². The van der Waals surface area contributed by atoms with Crippen LogP contribution in [0.25, 0.3) is 0 Å². The molecular weight excluding hydrogens is 166 g/mol. The van der Waals surface area contributed by atoms with Gasteiger partial charge in [-0.3, -0.25) is 4.79 Å². The second-order valence-corrected chi connectivity index (χ2v) is 2.70. The normalized spacial score (nSPS) is 42.6. The standard InChI is InChI=1S/C6H11NO5/c7-6(11)5-4(10)3(9)2(8)1-12-5/h2-5,8-10H,1H2,(H2,7,11)/t2-,3-,4-,5-/m1/s1. The SMILES string of the molecule is NC(=O)[C@@H]1OC[C@@H](O)[C@@H](O)[C@H]1O. The van der Waals surface area contributed by atoms with Crippen molar-refractivity contribution in [3.8, 4) is 0 Å². The quantitative estimate of drug-likeness (QED) is 0.340. The summed E-state index contributed by atoms with van der Waals surface area (Å²) in [5.74, 6) is -0.853. The largest absolute Gasteiger partial charge is 0.388 e. The van der Waals surface area contributed by atoms with Crippen LogP contribution in [0.15, 0.2) is 0 Å². The Morgan fingerprint density at radius 3 is 2.42 bits per heavy atom. The van der Waals surface area contributed by atoms with Crippen molar-refractivity contribution < 1.29 is 24.9 Å². The van der Waals surface area contributed by atoms with Crippen LogP contribution in [0.1, 0.15) is 0 Å². The van der Waals surface area contributed by atoms with Gasteiger partial charge in [0, 0.05) is 0 Å². The molecule has 6 nitrogen and oxygen atoms in total. The van der Waals surface area contributed by atoms with Crippen LogP contribution in [0.5, 0.6) is 0 Å². The number of hydrogen-bond donors (Lipinski definition) is 4. The molecular formula is C6H11NO5. The molecule has 70 valence electrons. The van der Waals surface area contributed by atoms with Gasteiger partial charge in [0.1, 0.15) is 18.3 Å². The van der Waals surface area contributed by atoms with Gasteiger partial charge < -0.3 is 25.8 Å². The first-order chi connectivity index (χ1) is 5.54. The minimum absolute atomic E-state index is 0.203. The van der Waals surface area contributed by atoms with E-state index >= 15 is 0 Å². The van der Waals surface area contributed by atoms with Crippen molar-refractivity contribution in [2.45, 2.75) is 24.4 Å². The molecule has 1 saturated heterocycles. The van der Waals surface area contributed by atoms with Crippen LogP contribution >= 0.6 is 0 Å². The third-order valence-corrected chi connectivity index (χ3v) is 1.78. The molecule has 4 atom stereocenters. The molecule has 1 heterocycles. The van der Waals surface area contributed by atoms with E-state index in [1.807, 2.05) is 0 Å². The molecule has 1 aliphatic heterocycles. The minimum Gasteiger partial charge on any atom is -0.388 e. The number of carbonyl (C=O) groups excluding carboxylic acids is 1. The summed E-state index contributed by atoms with van der Waals surface area (Å²) >= 11 is 0. The topological polar surface area (TPSA) is 113 Å². The second-order valence-electron chi connectivity index (χ2n) is 2.70. The highest BCUT2D eigenvalue weighted by Gasteiger charge is 2.40. The Balaban J connectivity index is 2.65. The van der Waals surface area contributed by atoms with Gasteiger partial charge in [-0.05, 0) is 0 Å². The van der Waals surface area contributed by atoms with Gasteiger partial charge in [-0.1, -0.05) is 0 Å². The number of aliphatic hydroxyl groups excluding tert-OH is 3. The molecule has 5 N–H and O–H groups in total. The predicted molar refractivity (Wildman–Crippen MR) is 37.0 cm³/mol. The maximum Gasteiger partial charge on any atom is 0.249 e. The summed E-state index contributed by atoms with van der Waals surface area (Å²) < 4.78 is 4.70. The number of nitrogens with two attached hydrogens (primary N) is 1. The van der Waals surface area contributed by atoms with Crippen molar-refractivity contribution in [3.63, 3.8) is 0 Å². The molecule has 6 heteroatoms. The minimum atomic E-state index is -1.45. The van der Waals surface area contributed by atoms with E-state index in [1.54, 1.807) is 0 Å². The van der Waals surface area contributed by atoms with Crippen molar-refractivity contribution in [1.82, 2.24) is 0 Å². The number of aliphatic hydroxyl groups is 3. The van der Waals surface area contributed by atoms with E-state index in [1.165, 1.54) is 0 Å². The van der Waals surface area contributed by atoms with Crippen molar-refractivity contribution in [3.05, 3.63) is 0 Å². The summed E-state index contributed by atoms with van der Waals surface area (Å²) in [5, 5.41) is 27.2. The maximum atomic E-state index is 10.6. The molecule has 0 radical (unpaired) electrons. The van der Waals surface area contributed by atoms with E-state index in [2.05, 4.69) is 0 Å². The Labute approximate surface area is 68.6 Å². The van der Waals surface area contributed by atoms with Gasteiger partial charge >= 0.3 is 0 Å². The summed E-state index contributed by atoms with van der Waals surface area (Å²) in [7, 11) is 0. The third kappa shape index (κ3) is 1.56. The van der Waals surface area contributed by atoms with E-state index < -0.39 is 30.3 Å². The van der Waals surface area contributed by atoms with E-state index in [4.69, 9.17) is 25.8 Å². The molecule has 0 bridgehead atoms. The molecule has 1 fully saturated rings. The molecule has 0 aromatic carbocycles. The lowest BCUT2D eigenvalue weighted by atomic mass is 10.00. The van der Waals surface area contributed by atoms with Crippen LogP contribution in [0.4, 0.5) is 0 Å². The number of primary amides is 1. The maximum absolute atomic E-state index is 10.6. The second kappa shape index (κ2) is 3.36. The highest BCUT2D eigenvalue weighted by atomic mass is 16.5. The molecule has 12 heavy (non-hydrogen) atoms. The number of rotatable bonds is 1. The summed E-state index contributed by atoms with van der Waals surface area (Å²) in [6, 6.07) is 0. The predicted octanol–water partition coefficient (Wildman–Crippen LogP) is -3.05.